The van der Waals surface area contributed by atoms with Crippen molar-refractivity contribution in [2.24, 2.45) is 0 Å². The van der Waals surface area contributed by atoms with E-state index in [9.17, 15) is 4.79 Å². The van der Waals surface area contributed by atoms with Crippen LogP contribution in [0.15, 0.2) is 60.9 Å². The second kappa shape index (κ2) is 9.16. The first-order valence-corrected chi connectivity index (χ1v) is 10.8. The fraction of sp³-hybridized carbons (Fsp3) is 0.150. The number of nitrogens with zero attached hydrogens (tertiary/aromatic N) is 2. The molecule has 0 aliphatic carbocycles. The van der Waals surface area contributed by atoms with Crippen LogP contribution in [-0.2, 0) is 25.9 Å². The fourth-order valence-electron chi connectivity index (χ4n) is 2.79. The standard InChI is InChI=1S/C16H10N2.C4H9O2P.Pt/c1-3-12-7-5-11-6-8-13-4-2-10-18-16(13)14(11)15(12)17-9-1;1-7(2)3-4(5)6;/h1-10H;3H2,1-2H3,(H,5,6);/p+1. The third kappa shape index (κ3) is 4.63. The molecule has 2 aromatic heterocycles. The van der Waals surface area contributed by atoms with E-state index in [1.54, 1.807) is 0 Å². The van der Waals surface area contributed by atoms with E-state index in [2.05, 4.69) is 46.4 Å². The minimum absolute atomic E-state index is 0. The average molecular weight is 546 g/mol. The van der Waals surface area contributed by atoms with Crippen LogP contribution in [0.4, 0.5) is 0 Å². The van der Waals surface area contributed by atoms with Crippen LogP contribution in [0.5, 0.6) is 0 Å². The van der Waals surface area contributed by atoms with Crippen LogP contribution >= 0.6 is 7.92 Å². The molecule has 0 saturated carbocycles. The van der Waals surface area contributed by atoms with Gasteiger partial charge >= 0.3 is 5.97 Å². The molecule has 0 spiro atoms. The number of carbonyl (C=O) groups is 1. The van der Waals surface area contributed by atoms with Gasteiger partial charge in [0.1, 0.15) is 0 Å². The zero-order valence-electron chi connectivity index (χ0n) is 14.5. The van der Waals surface area contributed by atoms with Gasteiger partial charge in [-0.2, -0.15) is 0 Å². The van der Waals surface area contributed by atoms with Crippen LogP contribution in [0.3, 0.4) is 0 Å². The molecule has 0 bridgehead atoms. The second-order valence-electron chi connectivity index (χ2n) is 6.16. The zero-order chi connectivity index (χ0) is 17.8. The van der Waals surface area contributed by atoms with Crippen LogP contribution in [0.1, 0.15) is 0 Å². The molecule has 4 nitrogen and oxygen atoms in total. The molecule has 0 aliphatic rings. The average Bonchev–Trinajstić information content (AvgIpc) is 2.60. The van der Waals surface area contributed by atoms with Crippen LogP contribution < -0.4 is 0 Å². The Labute approximate surface area is 167 Å². The summed E-state index contributed by atoms with van der Waals surface area (Å²) >= 11 is 0. The predicted molar refractivity (Wildman–Crippen MR) is 107 cm³/mol. The van der Waals surface area contributed by atoms with Gasteiger partial charge in [0.25, 0.3) is 0 Å². The molecule has 0 radical (unpaired) electrons. The number of carboxylic acids is 1. The van der Waals surface area contributed by atoms with Gasteiger partial charge in [-0.15, -0.1) is 0 Å². The van der Waals surface area contributed by atoms with E-state index in [1.807, 2.05) is 37.9 Å². The molecule has 0 atom stereocenters. The molecular formula is C20H20N2O2PPt+. The van der Waals surface area contributed by atoms with Crippen molar-refractivity contribution in [1.29, 1.82) is 0 Å². The summed E-state index contributed by atoms with van der Waals surface area (Å²) in [5.41, 5.74) is 2.05. The maximum Gasteiger partial charge on any atom is 0.341 e. The minimum atomic E-state index is -0.668. The summed E-state index contributed by atoms with van der Waals surface area (Å²) in [7, 11) is -0.534. The van der Waals surface area contributed by atoms with E-state index < -0.39 is 13.9 Å². The Kier molecular flexibility index (Phi) is 7.20. The van der Waals surface area contributed by atoms with Gasteiger partial charge < -0.3 is 5.11 Å². The van der Waals surface area contributed by atoms with Crippen molar-refractivity contribution in [2.75, 3.05) is 19.5 Å². The summed E-state index contributed by atoms with van der Waals surface area (Å²) in [6, 6.07) is 16.6. The van der Waals surface area contributed by atoms with Crippen molar-refractivity contribution in [3.05, 3.63) is 60.9 Å². The van der Waals surface area contributed by atoms with Crippen molar-refractivity contribution >= 4 is 46.5 Å². The first-order chi connectivity index (χ1) is 12.1. The second-order valence-corrected chi connectivity index (χ2v) is 8.92. The minimum Gasteiger partial charge on any atom is -0.479 e. The van der Waals surface area contributed by atoms with E-state index in [4.69, 9.17) is 5.11 Å². The van der Waals surface area contributed by atoms with Gasteiger partial charge in [0, 0.05) is 70.9 Å². The van der Waals surface area contributed by atoms with Gasteiger partial charge in [-0.1, -0.05) is 36.4 Å². The topological polar surface area (TPSA) is 63.1 Å². The third-order valence-corrected chi connectivity index (χ3v) is 4.84. The number of aromatic nitrogens is 2. The van der Waals surface area contributed by atoms with Crippen molar-refractivity contribution in [3.8, 4) is 0 Å². The summed E-state index contributed by atoms with van der Waals surface area (Å²) in [5.74, 6) is -0.668. The van der Waals surface area contributed by atoms with Crippen LogP contribution in [0.25, 0.3) is 32.6 Å². The zero-order valence-corrected chi connectivity index (χ0v) is 17.8. The summed E-state index contributed by atoms with van der Waals surface area (Å²) in [4.78, 5) is 18.9. The van der Waals surface area contributed by atoms with Crippen LogP contribution in [-0.4, -0.2) is 40.5 Å². The molecule has 0 amide bonds. The van der Waals surface area contributed by atoms with Crippen LogP contribution in [0, 0.1) is 0 Å². The Balaban J connectivity index is 0.000000265. The van der Waals surface area contributed by atoms with Crippen molar-refractivity contribution in [2.45, 2.75) is 0 Å². The predicted octanol–water partition coefficient (Wildman–Crippen LogP) is 4.48. The normalized spacial score (nSPS) is 10.4. The van der Waals surface area contributed by atoms with E-state index in [1.165, 1.54) is 5.39 Å². The molecule has 4 aromatic rings. The number of rotatable bonds is 2. The molecule has 1 N–H and O–H groups in total. The largest absolute Gasteiger partial charge is 0.479 e. The molecule has 0 saturated heterocycles. The maximum absolute atomic E-state index is 9.84. The molecule has 2 aromatic carbocycles. The molecule has 2 heterocycles. The monoisotopic (exact) mass is 546 g/mol. The summed E-state index contributed by atoms with van der Waals surface area (Å²) < 4.78 is 0. The molecule has 0 fully saturated rings. The number of hydrogen-bond donors (Lipinski definition) is 1. The Morgan fingerprint density at radius 1 is 0.885 bits per heavy atom. The molecule has 136 valence electrons. The Morgan fingerprint density at radius 2 is 1.35 bits per heavy atom. The molecule has 0 unspecified atom stereocenters. The third-order valence-electron chi connectivity index (χ3n) is 3.83. The molecule has 4 rings (SSSR count). The SMILES string of the molecule is C[PH+](C)CC(=O)O.[Pt].c1cnc2c(c1)ccc1ccc3cccnc3c12. The molecule has 0 aliphatic heterocycles. The Hall–Kier alpha value is -1.89. The molecular weight excluding hydrogens is 526 g/mol. The van der Waals surface area contributed by atoms with Gasteiger partial charge in [0.05, 0.1) is 11.0 Å². The van der Waals surface area contributed by atoms with Gasteiger partial charge in [-0.25, -0.2) is 4.79 Å². The molecule has 26 heavy (non-hydrogen) atoms. The van der Waals surface area contributed by atoms with E-state index in [0.29, 0.717) is 6.16 Å². The van der Waals surface area contributed by atoms with E-state index >= 15 is 0 Å². The van der Waals surface area contributed by atoms with Gasteiger partial charge in [-0.3, -0.25) is 9.97 Å². The summed E-state index contributed by atoms with van der Waals surface area (Å²) in [5, 5.41) is 12.8. The summed E-state index contributed by atoms with van der Waals surface area (Å²) in [6.45, 7) is 3.97. The fourth-order valence-corrected chi connectivity index (χ4v) is 3.40. The smallest absolute Gasteiger partial charge is 0.341 e. The number of hydrogen-bond acceptors (Lipinski definition) is 3. The Morgan fingerprint density at radius 3 is 1.73 bits per heavy atom. The van der Waals surface area contributed by atoms with Crippen molar-refractivity contribution in [3.63, 3.8) is 0 Å². The number of aliphatic carboxylic acids is 1. The van der Waals surface area contributed by atoms with Crippen molar-refractivity contribution < 1.29 is 31.0 Å². The number of pyridine rings is 2. The number of carboxylic acid groups (broad SMARTS) is 1. The Bertz CT molecular complexity index is 983. The van der Waals surface area contributed by atoms with E-state index in [0.717, 1.165) is 27.2 Å². The van der Waals surface area contributed by atoms with Crippen LogP contribution in [0.2, 0.25) is 0 Å². The van der Waals surface area contributed by atoms with Gasteiger partial charge in [0.2, 0.25) is 0 Å². The molecule has 6 heteroatoms. The summed E-state index contributed by atoms with van der Waals surface area (Å²) in [6.07, 6.45) is 4.05. The number of benzene rings is 2. The van der Waals surface area contributed by atoms with Crippen molar-refractivity contribution in [1.82, 2.24) is 9.97 Å². The van der Waals surface area contributed by atoms with E-state index in [-0.39, 0.29) is 21.1 Å². The first-order valence-electron chi connectivity index (χ1n) is 8.08. The van der Waals surface area contributed by atoms with Gasteiger partial charge in [-0.05, 0) is 17.5 Å². The maximum atomic E-state index is 9.84. The number of fused-ring (bicyclic) bond motifs is 5. The quantitative estimate of drug-likeness (QED) is 0.298. The van der Waals surface area contributed by atoms with Gasteiger partial charge in [0.15, 0.2) is 6.16 Å². The first kappa shape index (κ1) is 20.4.